The summed E-state index contributed by atoms with van der Waals surface area (Å²) in [6, 6.07) is 11.9. The van der Waals surface area contributed by atoms with Gasteiger partial charge in [-0.3, -0.25) is 9.10 Å². The van der Waals surface area contributed by atoms with Crippen LogP contribution in [0.3, 0.4) is 0 Å². The standard InChI is InChI=1S/C18H21FN2O4S/c1-13(14-7-9-17(25-2)10-8-14)20-18(22)12-21(26(3,23)24)16-6-4-5-15(19)11-16/h4-11,13H,12H2,1-3H3,(H,20,22)/t13-/m1/s1. The quantitative estimate of drug-likeness (QED) is 0.801. The minimum absolute atomic E-state index is 0.0970. The summed E-state index contributed by atoms with van der Waals surface area (Å²) >= 11 is 0. The average molecular weight is 380 g/mol. The Labute approximate surface area is 152 Å². The van der Waals surface area contributed by atoms with Crippen LogP contribution in [0.5, 0.6) is 5.75 Å². The number of anilines is 1. The van der Waals surface area contributed by atoms with Gasteiger partial charge in [-0.25, -0.2) is 12.8 Å². The van der Waals surface area contributed by atoms with E-state index in [1.165, 1.54) is 18.2 Å². The number of nitrogens with one attached hydrogen (secondary N) is 1. The predicted molar refractivity (Wildman–Crippen MR) is 98.1 cm³/mol. The fourth-order valence-corrected chi connectivity index (χ4v) is 3.27. The SMILES string of the molecule is COc1ccc([C@@H](C)NC(=O)CN(c2cccc(F)c2)S(C)(=O)=O)cc1. The van der Waals surface area contributed by atoms with Crippen molar-refractivity contribution in [3.63, 3.8) is 0 Å². The van der Waals surface area contributed by atoms with Gasteiger partial charge >= 0.3 is 0 Å². The Hall–Kier alpha value is -2.61. The van der Waals surface area contributed by atoms with E-state index in [9.17, 15) is 17.6 Å². The second kappa shape index (κ2) is 8.18. The molecule has 1 atom stereocenters. The first-order valence-electron chi connectivity index (χ1n) is 7.87. The number of rotatable bonds is 7. The van der Waals surface area contributed by atoms with E-state index >= 15 is 0 Å². The first-order valence-corrected chi connectivity index (χ1v) is 9.72. The Morgan fingerprint density at radius 3 is 2.42 bits per heavy atom. The monoisotopic (exact) mass is 380 g/mol. The third-order valence-corrected chi connectivity index (χ3v) is 4.92. The van der Waals surface area contributed by atoms with E-state index in [2.05, 4.69) is 5.32 Å². The number of amides is 1. The van der Waals surface area contributed by atoms with E-state index in [1.807, 2.05) is 12.1 Å². The smallest absolute Gasteiger partial charge is 0.241 e. The van der Waals surface area contributed by atoms with Crippen LogP contribution in [0.4, 0.5) is 10.1 Å². The Morgan fingerprint density at radius 2 is 1.88 bits per heavy atom. The number of halogens is 1. The van der Waals surface area contributed by atoms with Crippen LogP contribution in [0.15, 0.2) is 48.5 Å². The number of sulfonamides is 1. The lowest BCUT2D eigenvalue weighted by atomic mass is 10.1. The molecule has 2 aromatic rings. The largest absolute Gasteiger partial charge is 0.497 e. The molecule has 0 aliphatic carbocycles. The summed E-state index contributed by atoms with van der Waals surface area (Å²) in [6.45, 7) is 1.34. The van der Waals surface area contributed by atoms with Gasteiger partial charge in [-0.05, 0) is 42.8 Å². The molecule has 26 heavy (non-hydrogen) atoms. The second-order valence-corrected chi connectivity index (χ2v) is 7.72. The minimum Gasteiger partial charge on any atom is -0.497 e. The summed E-state index contributed by atoms with van der Waals surface area (Å²) in [6.07, 6.45) is 0.970. The fraction of sp³-hybridized carbons (Fsp3) is 0.278. The van der Waals surface area contributed by atoms with Gasteiger partial charge in [-0.2, -0.15) is 0 Å². The molecule has 1 N–H and O–H groups in total. The molecule has 8 heteroatoms. The van der Waals surface area contributed by atoms with Gasteiger partial charge in [0.05, 0.1) is 25.1 Å². The molecule has 0 saturated heterocycles. The van der Waals surface area contributed by atoms with Crippen molar-refractivity contribution < 1.29 is 22.3 Å². The number of carbonyl (C=O) groups excluding carboxylic acids is 1. The number of hydrogen-bond acceptors (Lipinski definition) is 4. The molecule has 2 rings (SSSR count). The molecule has 140 valence electrons. The molecule has 1 amide bonds. The van der Waals surface area contributed by atoms with Gasteiger partial charge < -0.3 is 10.1 Å². The van der Waals surface area contributed by atoms with E-state index in [1.54, 1.807) is 26.2 Å². The average Bonchev–Trinajstić information content (AvgIpc) is 2.58. The van der Waals surface area contributed by atoms with E-state index in [0.29, 0.717) is 5.75 Å². The zero-order valence-corrected chi connectivity index (χ0v) is 15.6. The van der Waals surface area contributed by atoms with Gasteiger partial charge in [0.1, 0.15) is 18.1 Å². The maximum atomic E-state index is 13.4. The lowest BCUT2D eigenvalue weighted by Crippen LogP contribution is -2.41. The maximum absolute atomic E-state index is 13.4. The lowest BCUT2D eigenvalue weighted by molar-refractivity contribution is -0.120. The van der Waals surface area contributed by atoms with E-state index in [0.717, 1.165) is 22.2 Å². The molecule has 6 nitrogen and oxygen atoms in total. The molecule has 0 aliphatic heterocycles. The van der Waals surface area contributed by atoms with Crippen LogP contribution in [0.25, 0.3) is 0 Å². The lowest BCUT2D eigenvalue weighted by Gasteiger charge is -2.23. The summed E-state index contributed by atoms with van der Waals surface area (Å²) in [5.74, 6) is -0.382. The molecule has 0 aliphatic rings. The highest BCUT2D eigenvalue weighted by molar-refractivity contribution is 7.92. The third kappa shape index (κ3) is 5.19. The van der Waals surface area contributed by atoms with E-state index < -0.39 is 28.3 Å². The maximum Gasteiger partial charge on any atom is 0.241 e. The molecule has 0 unspecified atom stereocenters. The Kier molecular flexibility index (Phi) is 6.20. The summed E-state index contributed by atoms with van der Waals surface area (Å²) in [4.78, 5) is 12.3. The normalized spacial score (nSPS) is 12.3. The highest BCUT2D eigenvalue weighted by Gasteiger charge is 2.22. The zero-order chi connectivity index (χ0) is 19.3. The first kappa shape index (κ1) is 19.7. The van der Waals surface area contributed by atoms with Crippen molar-refractivity contribution in [1.82, 2.24) is 5.32 Å². The number of hydrogen-bond donors (Lipinski definition) is 1. The number of benzene rings is 2. The molecular weight excluding hydrogens is 359 g/mol. The van der Waals surface area contributed by atoms with Crippen LogP contribution in [-0.2, 0) is 14.8 Å². The van der Waals surface area contributed by atoms with Crippen LogP contribution >= 0.6 is 0 Å². The van der Waals surface area contributed by atoms with Crippen molar-refractivity contribution in [1.29, 1.82) is 0 Å². The van der Waals surface area contributed by atoms with Crippen molar-refractivity contribution >= 4 is 21.6 Å². The van der Waals surface area contributed by atoms with Gasteiger partial charge in [0.15, 0.2) is 0 Å². The Morgan fingerprint density at radius 1 is 1.23 bits per heavy atom. The molecule has 0 radical (unpaired) electrons. The van der Waals surface area contributed by atoms with Gasteiger partial charge in [0, 0.05) is 0 Å². The highest BCUT2D eigenvalue weighted by atomic mass is 32.2. The molecular formula is C18H21FN2O4S. The summed E-state index contributed by atoms with van der Waals surface area (Å²) in [5, 5.41) is 2.74. The van der Waals surface area contributed by atoms with Gasteiger partial charge in [0.25, 0.3) is 0 Å². The van der Waals surface area contributed by atoms with Crippen LogP contribution in [0.1, 0.15) is 18.5 Å². The van der Waals surface area contributed by atoms with Gasteiger partial charge in [0.2, 0.25) is 15.9 Å². The van der Waals surface area contributed by atoms with Crippen LogP contribution in [0.2, 0.25) is 0 Å². The predicted octanol–water partition coefficient (Wildman–Crippen LogP) is 2.48. The van der Waals surface area contributed by atoms with Gasteiger partial charge in [-0.1, -0.05) is 18.2 Å². The second-order valence-electron chi connectivity index (χ2n) is 5.81. The van der Waals surface area contributed by atoms with Gasteiger partial charge in [-0.15, -0.1) is 0 Å². The van der Waals surface area contributed by atoms with Crippen molar-refractivity contribution in [2.75, 3.05) is 24.2 Å². The minimum atomic E-state index is -3.75. The number of ether oxygens (including phenoxy) is 1. The molecule has 0 aromatic heterocycles. The number of carbonyl (C=O) groups is 1. The Bertz CT molecular complexity index is 869. The fourth-order valence-electron chi connectivity index (χ4n) is 2.42. The summed E-state index contributed by atoms with van der Waals surface area (Å²) in [5.41, 5.74) is 0.940. The van der Waals surface area contributed by atoms with Crippen LogP contribution < -0.4 is 14.4 Å². The van der Waals surface area contributed by atoms with Crippen molar-refractivity contribution in [2.45, 2.75) is 13.0 Å². The molecule has 0 heterocycles. The highest BCUT2D eigenvalue weighted by Crippen LogP contribution is 2.20. The molecule has 0 saturated carbocycles. The number of methoxy groups -OCH3 is 1. The van der Waals surface area contributed by atoms with Crippen molar-refractivity contribution in [3.05, 3.63) is 59.9 Å². The van der Waals surface area contributed by atoms with Crippen LogP contribution in [0, 0.1) is 5.82 Å². The van der Waals surface area contributed by atoms with E-state index in [4.69, 9.17) is 4.74 Å². The first-order chi connectivity index (χ1) is 12.2. The van der Waals surface area contributed by atoms with Crippen molar-refractivity contribution in [3.8, 4) is 5.75 Å². The molecule has 0 fully saturated rings. The van der Waals surface area contributed by atoms with Crippen LogP contribution in [-0.4, -0.2) is 34.2 Å². The van der Waals surface area contributed by atoms with E-state index in [-0.39, 0.29) is 11.7 Å². The summed E-state index contributed by atoms with van der Waals surface area (Å²) in [7, 11) is -2.19. The summed E-state index contributed by atoms with van der Waals surface area (Å²) < 4.78 is 43.4. The van der Waals surface area contributed by atoms with Crippen molar-refractivity contribution in [2.24, 2.45) is 0 Å². The molecule has 2 aromatic carbocycles. The topological polar surface area (TPSA) is 75.7 Å². The third-order valence-electron chi connectivity index (χ3n) is 3.78. The zero-order valence-electron chi connectivity index (χ0n) is 14.8. The Balaban J connectivity index is 2.11. The molecule has 0 bridgehead atoms. The molecule has 0 spiro atoms. The number of nitrogens with zero attached hydrogens (tertiary/aromatic N) is 1.